The smallest absolute Gasteiger partial charge is 0.258 e. The number of carbonyl (C=O) groups is 1. The molecule has 4 aromatic rings. The van der Waals surface area contributed by atoms with Crippen molar-refractivity contribution in [2.24, 2.45) is 0 Å². The van der Waals surface area contributed by atoms with Crippen LogP contribution in [-0.4, -0.2) is 79.7 Å². The van der Waals surface area contributed by atoms with Crippen LogP contribution in [0.1, 0.15) is 47.2 Å². The van der Waals surface area contributed by atoms with Crippen molar-refractivity contribution < 1.29 is 22.7 Å². The van der Waals surface area contributed by atoms with Crippen molar-refractivity contribution in [1.29, 1.82) is 0 Å². The highest BCUT2D eigenvalue weighted by Gasteiger charge is 2.25. The van der Waals surface area contributed by atoms with Crippen molar-refractivity contribution in [2.75, 3.05) is 62.1 Å². The number of benzene rings is 3. The summed E-state index contributed by atoms with van der Waals surface area (Å²) in [6.07, 6.45) is 1.68. The van der Waals surface area contributed by atoms with Crippen molar-refractivity contribution in [3.63, 3.8) is 0 Å². The molecule has 232 valence electrons. The van der Waals surface area contributed by atoms with E-state index in [1.54, 1.807) is 18.2 Å². The van der Waals surface area contributed by atoms with Gasteiger partial charge in [-0.15, -0.1) is 0 Å². The Balaban J connectivity index is 1.30. The normalized spacial score (nSPS) is 18.8. The van der Waals surface area contributed by atoms with Gasteiger partial charge >= 0.3 is 0 Å². The van der Waals surface area contributed by atoms with Gasteiger partial charge in [-0.05, 0) is 80.9 Å². The van der Waals surface area contributed by atoms with Gasteiger partial charge in [-0.3, -0.25) is 14.3 Å². The van der Waals surface area contributed by atoms with Crippen molar-refractivity contribution in [2.45, 2.75) is 37.8 Å². The summed E-state index contributed by atoms with van der Waals surface area (Å²) in [4.78, 5) is 18.5. The maximum atomic E-state index is 14.6. The highest BCUT2D eigenvalue weighted by molar-refractivity contribution is 6.11. The van der Waals surface area contributed by atoms with Gasteiger partial charge in [0.25, 0.3) is 5.91 Å². The molecule has 2 aliphatic rings. The van der Waals surface area contributed by atoms with Crippen LogP contribution in [0.4, 0.5) is 30.4 Å². The monoisotopic (exact) mass is 606 g/mol. The quantitative estimate of drug-likeness (QED) is 0.231. The third kappa shape index (κ3) is 6.25. The number of anilines is 3. The maximum absolute atomic E-state index is 14.6. The average Bonchev–Trinajstić information content (AvgIpc) is 3.41. The average molecular weight is 607 g/mol. The zero-order valence-electron chi connectivity index (χ0n) is 24.9. The molecule has 2 fully saturated rings. The second-order valence-electron chi connectivity index (χ2n) is 11.8. The Bertz CT molecular complexity index is 1640. The SMILES string of the molecule is CC1CN(C)CCN1c1ccc(C(=O)Nc2n[nH]c3ccc(C(CF)c4cc(F)ccc4F)cc23)c(NC2CCOCC2)c1. The number of hydrogen-bond donors (Lipinski definition) is 3. The van der Waals surface area contributed by atoms with Gasteiger partial charge in [0.05, 0.1) is 11.1 Å². The van der Waals surface area contributed by atoms with Gasteiger partial charge in [-0.2, -0.15) is 5.10 Å². The first-order valence-corrected chi connectivity index (χ1v) is 15.0. The second kappa shape index (κ2) is 12.9. The summed E-state index contributed by atoms with van der Waals surface area (Å²) in [6, 6.07) is 14.4. The van der Waals surface area contributed by atoms with Gasteiger partial charge in [0, 0.05) is 73.2 Å². The highest BCUT2D eigenvalue weighted by Crippen LogP contribution is 2.33. The maximum Gasteiger partial charge on any atom is 0.258 e. The van der Waals surface area contributed by atoms with Gasteiger partial charge in [-0.1, -0.05) is 6.07 Å². The van der Waals surface area contributed by atoms with E-state index >= 15 is 0 Å². The lowest BCUT2D eigenvalue weighted by molar-refractivity contribution is 0.0904. The second-order valence-corrected chi connectivity index (χ2v) is 11.8. The number of alkyl halides is 1. The lowest BCUT2D eigenvalue weighted by Crippen LogP contribution is -2.50. The van der Waals surface area contributed by atoms with E-state index in [0.29, 0.717) is 41.3 Å². The van der Waals surface area contributed by atoms with Crippen LogP contribution < -0.4 is 15.5 Å². The van der Waals surface area contributed by atoms with Crippen molar-refractivity contribution >= 4 is 34.0 Å². The van der Waals surface area contributed by atoms with Gasteiger partial charge in [-0.25, -0.2) is 8.78 Å². The topological polar surface area (TPSA) is 85.5 Å². The number of aromatic nitrogens is 2. The molecule has 11 heteroatoms. The first kappa shape index (κ1) is 30.0. The van der Waals surface area contributed by atoms with Crippen LogP contribution in [-0.2, 0) is 4.74 Å². The molecule has 44 heavy (non-hydrogen) atoms. The predicted octanol–water partition coefficient (Wildman–Crippen LogP) is 5.93. The summed E-state index contributed by atoms with van der Waals surface area (Å²) in [5.74, 6) is -2.44. The molecule has 0 radical (unpaired) electrons. The summed E-state index contributed by atoms with van der Waals surface area (Å²) < 4.78 is 48.2. The molecular weight excluding hydrogens is 569 g/mol. The van der Waals surface area contributed by atoms with Crippen molar-refractivity contribution in [1.82, 2.24) is 15.1 Å². The Labute approximate surface area is 254 Å². The zero-order chi connectivity index (χ0) is 30.8. The van der Waals surface area contributed by atoms with E-state index in [-0.39, 0.29) is 23.3 Å². The summed E-state index contributed by atoms with van der Waals surface area (Å²) in [7, 11) is 2.12. The molecule has 3 heterocycles. The van der Waals surface area contributed by atoms with Crippen LogP contribution in [0.5, 0.6) is 0 Å². The number of piperazine rings is 1. The summed E-state index contributed by atoms with van der Waals surface area (Å²) in [5.41, 5.74) is 3.23. The Morgan fingerprint density at radius 3 is 2.68 bits per heavy atom. The molecule has 2 atom stereocenters. The molecule has 0 aliphatic carbocycles. The lowest BCUT2D eigenvalue weighted by atomic mass is 9.91. The molecule has 0 spiro atoms. The van der Waals surface area contributed by atoms with Crippen molar-refractivity contribution in [3.05, 3.63) is 82.9 Å². The first-order chi connectivity index (χ1) is 21.3. The van der Waals surface area contributed by atoms with E-state index < -0.39 is 24.2 Å². The standard InChI is InChI=1S/C33H37F3N6O2/c1-20-19-41(2)11-12-42(20)24-5-6-25(31(17-24)37-23-9-13-44-14-10-23)33(43)38-32-27-15-21(3-8-30(27)39-40-32)28(18-34)26-16-22(35)4-7-29(26)36/h3-8,15-17,20,23,28,37H,9-14,18-19H2,1-2H3,(H2,38,39,40,43). The van der Waals surface area contributed by atoms with Crippen molar-refractivity contribution in [3.8, 4) is 0 Å². The number of fused-ring (bicyclic) bond motifs is 1. The fraction of sp³-hybridized carbons (Fsp3) is 0.394. The van der Waals surface area contributed by atoms with Crippen LogP contribution in [0.15, 0.2) is 54.6 Å². The van der Waals surface area contributed by atoms with Crippen LogP contribution in [0.2, 0.25) is 0 Å². The number of aromatic amines is 1. The minimum absolute atomic E-state index is 0.0699. The molecule has 8 nitrogen and oxygen atoms in total. The van der Waals surface area contributed by atoms with Crippen LogP contribution in [0.25, 0.3) is 10.9 Å². The third-order valence-electron chi connectivity index (χ3n) is 8.70. The minimum atomic E-state index is -1.02. The summed E-state index contributed by atoms with van der Waals surface area (Å²) >= 11 is 0. The molecule has 1 amide bonds. The Morgan fingerprint density at radius 1 is 1.09 bits per heavy atom. The van der Waals surface area contributed by atoms with Gasteiger partial charge in [0.15, 0.2) is 5.82 Å². The first-order valence-electron chi connectivity index (χ1n) is 15.0. The molecule has 1 aromatic heterocycles. The van der Waals surface area contributed by atoms with Gasteiger partial charge < -0.3 is 25.2 Å². The Hall–Kier alpha value is -4.09. The zero-order valence-corrected chi connectivity index (χ0v) is 24.9. The molecule has 2 unspecified atom stereocenters. The number of hydrogen-bond acceptors (Lipinski definition) is 6. The van der Waals surface area contributed by atoms with E-state index in [9.17, 15) is 18.0 Å². The van der Waals surface area contributed by atoms with Gasteiger partial charge in [0.2, 0.25) is 0 Å². The van der Waals surface area contributed by atoms with Gasteiger partial charge in [0.1, 0.15) is 18.3 Å². The van der Waals surface area contributed by atoms with Crippen LogP contribution >= 0.6 is 0 Å². The fourth-order valence-corrected chi connectivity index (χ4v) is 6.27. The summed E-state index contributed by atoms with van der Waals surface area (Å²) in [6.45, 7) is 5.40. The molecule has 3 aromatic carbocycles. The number of likely N-dealkylation sites (N-methyl/N-ethyl adjacent to an activating group) is 1. The van der Waals surface area contributed by atoms with Crippen LogP contribution in [0, 0.1) is 11.6 Å². The molecular formula is C33H37F3N6O2. The van der Waals surface area contributed by atoms with E-state index in [2.05, 4.69) is 44.6 Å². The van der Waals surface area contributed by atoms with Crippen LogP contribution in [0.3, 0.4) is 0 Å². The van der Waals surface area contributed by atoms with E-state index in [1.807, 2.05) is 18.2 Å². The number of ether oxygens (including phenoxy) is 1. The number of nitrogens with zero attached hydrogens (tertiary/aromatic N) is 3. The van der Waals surface area contributed by atoms with E-state index in [1.165, 1.54) is 0 Å². The number of nitrogens with one attached hydrogen (secondary N) is 3. The minimum Gasteiger partial charge on any atom is -0.381 e. The molecule has 0 saturated carbocycles. The van der Waals surface area contributed by atoms with E-state index in [4.69, 9.17) is 4.74 Å². The Morgan fingerprint density at radius 2 is 1.91 bits per heavy atom. The third-order valence-corrected chi connectivity index (χ3v) is 8.70. The van der Waals surface area contributed by atoms with E-state index in [0.717, 1.165) is 62.0 Å². The number of amides is 1. The molecule has 3 N–H and O–H groups in total. The number of halogens is 3. The lowest BCUT2D eigenvalue weighted by Gasteiger charge is -2.40. The molecule has 0 bridgehead atoms. The largest absolute Gasteiger partial charge is 0.381 e. The predicted molar refractivity (Wildman–Crippen MR) is 166 cm³/mol. The number of H-pyrrole nitrogens is 1. The fourth-order valence-electron chi connectivity index (χ4n) is 6.27. The number of rotatable bonds is 8. The summed E-state index contributed by atoms with van der Waals surface area (Å²) in [5, 5.41) is 14.3. The number of carbonyl (C=O) groups excluding carboxylic acids is 1. The molecule has 2 saturated heterocycles. The Kier molecular flexibility index (Phi) is 8.76. The highest BCUT2D eigenvalue weighted by atomic mass is 19.1. The molecule has 6 rings (SSSR count). The molecule has 2 aliphatic heterocycles.